The van der Waals surface area contributed by atoms with Crippen LogP contribution in [0.1, 0.15) is 23.8 Å². The van der Waals surface area contributed by atoms with Crippen LogP contribution in [0.25, 0.3) is 10.9 Å². The number of benzene rings is 1. The fourth-order valence-electron chi connectivity index (χ4n) is 3.08. The summed E-state index contributed by atoms with van der Waals surface area (Å²) in [6.07, 6.45) is 0.0864. The highest BCUT2D eigenvalue weighted by Gasteiger charge is 2.37. The van der Waals surface area contributed by atoms with Crippen molar-refractivity contribution in [2.24, 2.45) is 5.92 Å². The molecular formula is C18H17N5O4S. The van der Waals surface area contributed by atoms with Gasteiger partial charge in [0.25, 0.3) is 0 Å². The van der Waals surface area contributed by atoms with Gasteiger partial charge in [-0.15, -0.1) is 11.3 Å². The van der Waals surface area contributed by atoms with E-state index in [1.807, 2.05) is 24.3 Å². The van der Waals surface area contributed by atoms with Crippen molar-refractivity contribution in [1.29, 1.82) is 0 Å². The summed E-state index contributed by atoms with van der Waals surface area (Å²) in [7, 11) is 0. The summed E-state index contributed by atoms with van der Waals surface area (Å²) in [5, 5.41) is 12.5. The van der Waals surface area contributed by atoms with E-state index in [-0.39, 0.29) is 37.1 Å². The molecule has 0 spiro atoms. The number of nitrogens with zero attached hydrogens (tertiary/aromatic N) is 3. The molecule has 1 aliphatic heterocycles. The summed E-state index contributed by atoms with van der Waals surface area (Å²) < 4.78 is 4.88. The van der Waals surface area contributed by atoms with E-state index in [4.69, 9.17) is 4.74 Å². The van der Waals surface area contributed by atoms with Gasteiger partial charge in [-0.05, 0) is 19.1 Å². The maximum Gasteiger partial charge on any atom is 0.357 e. The number of amides is 2. The highest BCUT2D eigenvalue weighted by Crippen LogP contribution is 2.30. The van der Waals surface area contributed by atoms with E-state index in [2.05, 4.69) is 20.5 Å². The third kappa shape index (κ3) is 3.33. The minimum absolute atomic E-state index is 0.0864. The van der Waals surface area contributed by atoms with E-state index in [1.54, 1.807) is 6.92 Å². The minimum atomic E-state index is -0.535. The van der Waals surface area contributed by atoms with Crippen LogP contribution < -0.4 is 10.2 Å². The van der Waals surface area contributed by atoms with Crippen LogP contribution in [0.3, 0.4) is 0 Å². The third-order valence-corrected chi connectivity index (χ3v) is 5.18. The van der Waals surface area contributed by atoms with E-state index < -0.39 is 11.9 Å². The Balaban J connectivity index is 1.45. The number of aromatic amines is 1. The van der Waals surface area contributed by atoms with Crippen LogP contribution in [-0.2, 0) is 14.3 Å². The Bertz CT molecular complexity index is 1060. The number of nitrogens with one attached hydrogen (secondary N) is 2. The standard InChI is InChI=1S/C18H17N5O4S/c1-2-27-17(26)13-9-28-18(19-13)20-16(25)10-7-14(24)23(8-10)15-11-5-3-4-6-12(11)21-22-15/h3-6,9-10H,2,7-8H2,1H3,(H,21,22)(H,19,20,25)/t10-/m0/s1. The fourth-order valence-corrected chi connectivity index (χ4v) is 3.76. The molecule has 1 saturated heterocycles. The number of fused-ring (bicyclic) bond motifs is 1. The quantitative estimate of drug-likeness (QED) is 0.635. The number of carbonyl (C=O) groups excluding carboxylic acids is 3. The first-order valence-electron chi connectivity index (χ1n) is 8.73. The van der Waals surface area contributed by atoms with Crippen molar-refractivity contribution in [2.75, 3.05) is 23.4 Å². The summed E-state index contributed by atoms with van der Waals surface area (Å²) in [6.45, 7) is 2.19. The Kier molecular flexibility index (Phi) is 4.78. The van der Waals surface area contributed by atoms with Crippen LogP contribution >= 0.6 is 11.3 Å². The van der Waals surface area contributed by atoms with Crippen LogP contribution in [0.4, 0.5) is 10.9 Å². The van der Waals surface area contributed by atoms with Gasteiger partial charge >= 0.3 is 5.97 Å². The monoisotopic (exact) mass is 399 g/mol. The van der Waals surface area contributed by atoms with Crippen LogP contribution in [0.2, 0.25) is 0 Å². The Hall–Kier alpha value is -3.27. The van der Waals surface area contributed by atoms with Crippen molar-refractivity contribution in [3.63, 3.8) is 0 Å². The number of anilines is 2. The van der Waals surface area contributed by atoms with E-state index in [0.29, 0.717) is 10.9 Å². The van der Waals surface area contributed by atoms with Gasteiger partial charge in [-0.1, -0.05) is 12.1 Å². The Morgan fingerprint density at radius 1 is 1.39 bits per heavy atom. The number of ether oxygens (including phenoxy) is 1. The van der Waals surface area contributed by atoms with Crippen LogP contribution in [0.15, 0.2) is 29.6 Å². The van der Waals surface area contributed by atoms with Gasteiger partial charge in [-0.3, -0.25) is 19.6 Å². The molecule has 144 valence electrons. The molecule has 0 saturated carbocycles. The molecule has 1 atom stereocenters. The number of hydrogen-bond donors (Lipinski definition) is 2. The zero-order valence-electron chi connectivity index (χ0n) is 15.0. The number of H-pyrrole nitrogens is 1. The summed E-state index contributed by atoms with van der Waals surface area (Å²) in [6, 6.07) is 7.50. The minimum Gasteiger partial charge on any atom is -0.461 e. The van der Waals surface area contributed by atoms with Crippen molar-refractivity contribution >= 4 is 51.0 Å². The Morgan fingerprint density at radius 3 is 3.04 bits per heavy atom. The number of para-hydroxylation sites is 1. The number of hydrogen-bond acceptors (Lipinski definition) is 7. The number of thiazole rings is 1. The largest absolute Gasteiger partial charge is 0.461 e. The van der Waals surface area contributed by atoms with Crippen molar-refractivity contribution in [1.82, 2.24) is 15.2 Å². The molecule has 28 heavy (non-hydrogen) atoms. The van der Waals surface area contributed by atoms with Crippen molar-refractivity contribution in [3.8, 4) is 0 Å². The van der Waals surface area contributed by atoms with Gasteiger partial charge in [0.05, 0.1) is 18.0 Å². The van der Waals surface area contributed by atoms with Crippen LogP contribution in [0.5, 0.6) is 0 Å². The molecular weight excluding hydrogens is 382 g/mol. The van der Waals surface area contributed by atoms with Gasteiger partial charge in [-0.2, -0.15) is 5.10 Å². The van der Waals surface area contributed by atoms with Crippen molar-refractivity contribution in [2.45, 2.75) is 13.3 Å². The average Bonchev–Trinajstić information content (AvgIpc) is 3.40. The van der Waals surface area contributed by atoms with Gasteiger partial charge in [0.15, 0.2) is 16.6 Å². The zero-order valence-corrected chi connectivity index (χ0v) is 15.8. The van der Waals surface area contributed by atoms with Gasteiger partial charge in [0.1, 0.15) is 0 Å². The molecule has 1 aliphatic rings. The molecule has 3 heterocycles. The first-order chi connectivity index (χ1) is 13.6. The second kappa shape index (κ2) is 7.39. The van der Waals surface area contributed by atoms with Crippen LogP contribution in [0, 0.1) is 5.92 Å². The molecule has 0 radical (unpaired) electrons. The average molecular weight is 399 g/mol. The number of esters is 1. The van der Waals surface area contributed by atoms with E-state index in [1.165, 1.54) is 10.3 Å². The lowest BCUT2D eigenvalue weighted by Crippen LogP contribution is -2.28. The first kappa shape index (κ1) is 18.1. The lowest BCUT2D eigenvalue weighted by molar-refractivity contribution is -0.122. The fraction of sp³-hybridized carbons (Fsp3) is 0.278. The predicted molar refractivity (Wildman–Crippen MR) is 103 cm³/mol. The Morgan fingerprint density at radius 2 is 2.21 bits per heavy atom. The molecule has 1 aromatic carbocycles. The van der Waals surface area contributed by atoms with Crippen molar-refractivity contribution in [3.05, 3.63) is 35.3 Å². The van der Waals surface area contributed by atoms with Gasteiger partial charge in [0, 0.05) is 23.7 Å². The van der Waals surface area contributed by atoms with E-state index in [0.717, 1.165) is 22.2 Å². The lowest BCUT2D eigenvalue weighted by atomic mass is 10.1. The molecule has 10 heteroatoms. The smallest absolute Gasteiger partial charge is 0.357 e. The highest BCUT2D eigenvalue weighted by molar-refractivity contribution is 7.14. The second-order valence-corrected chi connectivity index (χ2v) is 7.10. The lowest BCUT2D eigenvalue weighted by Gasteiger charge is -2.13. The zero-order chi connectivity index (χ0) is 19.7. The summed E-state index contributed by atoms with van der Waals surface area (Å²) in [4.78, 5) is 42.3. The van der Waals surface area contributed by atoms with E-state index >= 15 is 0 Å². The number of aromatic nitrogens is 3. The molecule has 2 aromatic heterocycles. The SMILES string of the molecule is CCOC(=O)c1csc(NC(=O)[C@H]2CC(=O)N(c3n[nH]c4ccccc34)C2)n1. The molecule has 2 amide bonds. The first-order valence-corrected chi connectivity index (χ1v) is 9.61. The molecule has 9 nitrogen and oxygen atoms in total. The Labute approximate surface area is 163 Å². The summed E-state index contributed by atoms with van der Waals surface area (Å²) >= 11 is 1.13. The summed E-state index contributed by atoms with van der Waals surface area (Å²) in [5.74, 6) is -1.02. The molecule has 0 bridgehead atoms. The molecule has 4 rings (SSSR count). The van der Waals surface area contributed by atoms with Gasteiger partial charge in [0.2, 0.25) is 11.8 Å². The van der Waals surface area contributed by atoms with Gasteiger partial charge in [-0.25, -0.2) is 9.78 Å². The van der Waals surface area contributed by atoms with E-state index in [9.17, 15) is 14.4 Å². The van der Waals surface area contributed by atoms with Crippen molar-refractivity contribution < 1.29 is 19.1 Å². The topological polar surface area (TPSA) is 117 Å². The predicted octanol–water partition coefficient (Wildman–Crippen LogP) is 2.19. The molecule has 1 fully saturated rings. The number of carbonyl (C=O) groups is 3. The second-order valence-electron chi connectivity index (χ2n) is 6.25. The summed E-state index contributed by atoms with van der Waals surface area (Å²) in [5.41, 5.74) is 0.974. The van der Waals surface area contributed by atoms with Crippen LogP contribution in [-0.4, -0.2) is 46.1 Å². The van der Waals surface area contributed by atoms with Gasteiger partial charge < -0.3 is 10.1 Å². The molecule has 0 unspecified atom stereocenters. The normalized spacial score (nSPS) is 16.5. The molecule has 0 aliphatic carbocycles. The highest BCUT2D eigenvalue weighted by atomic mass is 32.1. The third-order valence-electron chi connectivity index (χ3n) is 4.42. The number of rotatable bonds is 5. The maximum atomic E-state index is 12.6. The molecule has 2 N–H and O–H groups in total. The maximum absolute atomic E-state index is 12.6. The molecule has 3 aromatic rings.